The second-order valence-electron chi connectivity index (χ2n) is 11.2. The summed E-state index contributed by atoms with van der Waals surface area (Å²) in [5.74, 6) is 1.38. The van der Waals surface area contributed by atoms with Gasteiger partial charge in [-0.25, -0.2) is 0 Å². The first-order valence-electron chi connectivity index (χ1n) is 14.0. The summed E-state index contributed by atoms with van der Waals surface area (Å²) in [5.41, 5.74) is 4.03. The van der Waals surface area contributed by atoms with Crippen LogP contribution < -0.4 is 9.47 Å². The lowest BCUT2D eigenvalue weighted by Crippen LogP contribution is -2.64. The highest BCUT2D eigenvalue weighted by Crippen LogP contribution is 2.44. The summed E-state index contributed by atoms with van der Waals surface area (Å²) in [4.78, 5) is 35.4. The van der Waals surface area contributed by atoms with Crippen molar-refractivity contribution in [1.82, 2.24) is 14.8 Å². The highest BCUT2D eigenvalue weighted by atomic mass is 16.5. The van der Waals surface area contributed by atoms with Gasteiger partial charge in [0.05, 0.1) is 19.3 Å². The lowest BCUT2D eigenvalue weighted by molar-refractivity contribution is -0.161. The number of hydrogen-bond acceptors (Lipinski definition) is 4. The molecular weight excluding hydrogens is 478 g/mol. The fraction of sp³-hybridized carbons (Fsp3) is 0.484. The van der Waals surface area contributed by atoms with E-state index in [1.807, 2.05) is 54.0 Å². The van der Waals surface area contributed by atoms with Crippen LogP contribution >= 0.6 is 0 Å². The number of carbonyl (C=O) groups excluding carboxylic acids is 2. The molecule has 200 valence electrons. The van der Waals surface area contributed by atoms with Crippen LogP contribution in [0.1, 0.15) is 75.2 Å². The van der Waals surface area contributed by atoms with Gasteiger partial charge in [0.15, 0.2) is 11.5 Å². The summed E-state index contributed by atoms with van der Waals surface area (Å²) in [6.45, 7) is 4.11. The van der Waals surface area contributed by atoms with Crippen molar-refractivity contribution in [1.29, 1.82) is 0 Å². The smallest absolute Gasteiger partial charge is 0.246 e. The molecule has 2 fully saturated rings. The van der Waals surface area contributed by atoms with E-state index in [0.29, 0.717) is 17.9 Å². The third-order valence-corrected chi connectivity index (χ3v) is 8.42. The predicted molar refractivity (Wildman–Crippen MR) is 146 cm³/mol. The third-order valence-electron chi connectivity index (χ3n) is 8.42. The number of H-pyrrole nitrogens is 1. The van der Waals surface area contributed by atoms with Crippen LogP contribution in [0.2, 0.25) is 0 Å². The number of aromatic amines is 1. The molecule has 0 radical (unpaired) electrons. The van der Waals surface area contributed by atoms with E-state index in [4.69, 9.17) is 9.47 Å². The summed E-state index contributed by atoms with van der Waals surface area (Å²) >= 11 is 0. The van der Waals surface area contributed by atoms with E-state index < -0.39 is 12.1 Å². The molecule has 2 amide bonds. The van der Waals surface area contributed by atoms with Gasteiger partial charge in [0.2, 0.25) is 11.8 Å². The van der Waals surface area contributed by atoms with Gasteiger partial charge in [0.1, 0.15) is 12.6 Å². The molecule has 2 atom stereocenters. The average molecular weight is 516 g/mol. The van der Waals surface area contributed by atoms with Gasteiger partial charge in [-0.2, -0.15) is 0 Å². The zero-order valence-electron chi connectivity index (χ0n) is 22.5. The van der Waals surface area contributed by atoms with E-state index in [2.05, 4.69) is 17.1 Å². The van der Waals surface area contributed by atoms with Crippen LogP contribution in [0.3, 0.4) is 0 Å². The summed E-state index contributed by atoms with van der Waals surface area (Å²) in [6, 6.07) is 13.3. The standard InChI is InChI=1S/C31H37N3O4/c1-19(2)38-26-15-14-20(16-27(26)37-3)30-29-23(22-12-8-9-13-24(22)32-29)17-25-31(36)33(18-28(35)34(25)30)21-10-6-4-5-7-11-21/h8-9,12-16,19,21,25,30,32H,4-7,10-11,17-18H2,1-3H3. The van der Waals surface area contributed by atoms with Gasteiger partial charge in [-0.05, 0) is 56.0 Å². The molecule has 2 aromatic carbocycles. The minimum Gasteiger partial charge on any atom is -0.493 e. The molecule has 3 aliphatic rings. The van der Waals surface area contributed by atoms with Crippen LogP contribution in [0.4, 0.5) is 0 Å². The predicted octanol–water partition coefficient (Wildman–Crippen LogP) is 5.37. The highest BCUT2D eigenvalue weighted by molar-refractivity contribution is 5.98. The minimum atomic E-state index is -0.520. The number of hydrogen-bond donors (Lipinski definition) is 1. The number of rotatable bonds is 5. The number of fused-ring (bicyclic) bond motifs is 4. The fourth-order valence-electron chi connectivity index (χ4n) is 6.72. The first-order chi connectivity index (χ1) is 18.5. The summed E-state index contributed by atoms with van der Waals surface area (Å²) in [5, 5.41) is 1.12. The molecule has 38 heavy (non-hydrogen) atoms. The van der Waals surface area contributed by atoms with E-state index in [0.717, 1.165) is 53.4 Å². The number of piperazine rings is 1. The second kappa shape index (κ2) is 10.0. The summed E-state index contributed by atoms with van der Waals surface area (Å²) < 4.78 is 11.7. The number of para-hydroxylation sites is 1. The van der Waals surface area contributed by atoms with Crippen molar-refractivity contribution in [2.24, 2.45) is 0 Å². The Balaban J connectivity index is 1.46. The van der Waals surface area contributed by atoms with Gasteiger partial charge >= 0.3 is 0 Å². The van der Waals surface area contributed by atoms with Gasteiger partial charge in [-0.15, -0.1) is 0 Å². The number of aromatic nitrogens is 1. The number of ether oxygens (including phenoxy) is 2. The second-order valence-corrected chi connectivity index (χ2v) is 11.2. The zero-order valence-corrected chi connectivity index (χ0v) is 22.5. The normalized spacial score (nSPS) is 22.4. The van der Waals surface area contributed by atoms with Crippen LogP contribution in [0.15, 0.2) is 42.5 Å². The number of carbonyl (C=O) groups is 2. The molecule has 1 saturated heterocycles. The Morgan fingerprint density at radius 1 is 0.974 bits per heavy atom. The molecule has 0 spiro atoms. The maximum absolute atomic E-state index is 14.1. The molecule has 1 saturated carbocycles. The molecular formula is C31H37N3O4. The average Bonchev–Trinajstić information content (AvgIpc) is 3.07. The molecule has 1 N–H and O–H groups in total. The van der Waals surface area contributed by atoms with Crippen molar-refractivity contribution >= 4 is 22.7 Å². The van der Waals surface area contributed by atoms with Gasteiger partial charge < -0.3 is 24.3 Å². The van der Waals surface area contributed by atoms with E-state index in [1.54, 1.807) is 7.11 Å². The lowest BCUT2D eigenvalue weighted by atomic mass is 9.85. The molecule has 6 rings (SSSR count). The third kappa shape index (κ3) is 4.22. The van der Waals surface area contributed by atoms with Gasteiger partial charge in [0, 0.05) is 29.1 Å². The number of amides is 2. The minimum absolute atomic E-state index is 0.00499. The Kier molecular flexibility index (Phi) is 6.54. The monoisotopic (exact) mass is 515 g/mol. The molecule has 1 aliphatic carbocycles. The highest BCUT2D eigenvalue weighted by Gasteiger charge is 2.49. The quantitative estimate of drug-likeness (QED) is 0.464. The maximum atomic E-state index is 14.1. The summed E-state index contributed by atoms with van der Waals surface area (Å²) in [7, 11) is 1.63. The zero-order chi connectivity index (χ0) is 26.4. The van der Waals surface area contributed by atoms with Crippen molar-refractivity contribution < 1.29 is 19.1 Å². The largest absolute Gasteiger partial charge is 0.493 e. The van der Waals surface area contributed by atoms with Crippen LogP contribution in [0, 0.1) is 0 Å². The topological polar surface area (TPSA) is 74.9 Å². The Morgan fingerprint density at radius 3 is 2.47 bits per heavy atom. The Morgan fingerprint density at radius 2 is 1.74 bits per heavy atom. The van der Waals surface area contributed by atoms with Gasteiger partial charge in [-0.3, -0.25) is 9.59 Å². The van der Waals surface area contributed by atoms with Crippen molar-refractivity contribution in [3.05, 3.63) is 59.3 Å². The van der Waals surface area contributed by atoms with E-state index >= 15 is 0 Å². The van der Waals surface area contributed by atoms with Crippen molar-refractivity contribution in [3.8, 4) is 11.5 Å². The molecule has 0 bridgehead atoms. The Bertz CT molecular complexity index is 1350. The molecule has 1 aromatic heterocycles. The van der Waals surface area contributed by atoms with Crippen molar-refractivity contribution in [2.45, 2.75) is 83.0 Å². The summed E-state index contributed by atoms with van der Waals surface area (Å²) in [6.07, 6.45) is 7.17. The molecule has 2 aliphatic heterocycles. The van der Waals surface area contributed by atoms with E-state index in [-0.39, 0.29) is 30.5 Å². The number of methoxy groups -OCH3 is 1. The molecule has 3 heterocycles. The Hall–Kier alpha value is -3.48. The fourth-order valence-corrected chi connectivity index (χ4v) is 6.72. The molecule has 7 nitrogen and oxygen atoms in total. The lowest BCUT2D eigenvalue weighted by Gasteiger charge is -2.48. The van der Waals surface area contributed by atoms with Gasteiger partial charge in [0.25, 0.3) is 0 Å². The van der Waals surface area contributed by atoms with Crippen LogP contribution in [0.5, 0.6) is 11.5 Å². The molecule has 7 heteroatoms. The van der Waals surface area contributed by atoms with E-state index in [1.165, 1.54) is 12.8 Å². The first-order valence-corrected chi connectivity index (χ1v) is 14.0. The van der Waals surface area contributed by atoms with Gasteiger partial charge in [-0.1, -0.05) is 49.9 Å². The van der Waals surface area contributed by atoms with Crippen molar-refractivity contribution in [3.63, 3.8) is 0 Å². The van der Waals surface area contributed by atoms with Crippen molar-refractivity contribution in [2.75, 3.05) is 13.7 Å². The number of nitrogens with one attached hydrogen (secondary N) is 1. The van der Waals surface area contributed by atoms with Crippen LogP contribution in [-0.2, 0) is 16.0 Å². The van der Waals surface area contributed by atoms with Crippen LogP contribution in [0.25, 0.3) is 10.9 Å². The molecule has 2 unspecified atom stereocenters. The number of benzene rings is 2. The first kappa shape index (κ1) is 24.8. The molecule has 3 aromatic rings. The van der Waals surface area contributed by atoms with Crippen LogP contribution in [-0.4, -0.2) is 58.4 Å². The maximum Gasteiger partial charge on any atom is 0.246 e. The number of nitrogens with zero attached hydrogens (tertiary/aromatic N) is 2. The SMILES string of the molecule is COc1cc(C2c3[nH]c4ccccc4c3CC3C(=O)N(C4CCCCCC4)CC(=O)N32)ccc1OC(C)C. The van der Waals surface area contributed by atoms with E-state index in [9.17, 15) is 9.59 Å². The Labute approximate surface area is 224 Å².